The summed E-state index contributed by atoms with van der Waals surface area (Å²) in [7, 11) is 0. The molecule has 1 heterocycles. The van der Waals surface area contributed by atoms with Gasteiger partial charge in [0, 0.05) is 29.0 Å². The van der Waals surface area contributed by atoms with Crippen LogP contribution in [0.25, 0.3) is 11.3 Å². The van der Waals surface area contributed by atoms with Gasteiger partial charge in [0.25, 0.3) is 0 Å². The number of aromatic nitrogens is 1. The molecule has 1 N–H and O–H groups in total. The number of rotatable bonds is 7. The van der Waals surface area contributed by atoms with Gasteiger partial charge in [-0.3, -0.25) is 4.79 Å². The van der Waals surface area contributed by atoms with Gasteiger partial charge in [0.15, 0.2) is 5.76 Å². The zero-order valence-corrected chi connectivity index (χ0v) is 17.0. The van der Waals surface area contributed by atoms with Gasteiger partial charge in [-0.1, -0.05) is 77.4 Å². The first-order chi connectivity index (χ1) is 14.7. The van der Waals surface area contributed by atoms with Gasteiger partial charge >= 0.3 is 0 Å². The number of hydrogen-bond acceptors (Lipinski definition) is 3. The number of nitrogens with zero attached hydrogens (tertiary/aromatic N) is 1. The Balaban J connectivity index is 1.41. The highest BCUT2D eigenvalue weighted by Crippen LogP contribution is 2.28. The molecule has 3 aromatic carbocycles. The molecule has 0 aliphatic rings. The van der Waals surface area contributed by atoms with Crippen LogP contribution in [0, 0.1) is 0 Å². The van der Waals surface area contributed by atoms with Crippen molar-refractivity contribution in [3.63, 3.8) is 0 Å². The first-order valence-electron chi connectivity index (χ1n) is 9.77. The van der Waals surface area contributed by atoms with E-state index in [4.69, 9.17) is 16.1 Å². The molecule has 0 radical (unpaired) electrons. The minimum atomic E-state index is -0.0382. The van der Waals surface area contributed by atoms with Crippen molar-refractivity contribution in [2.24, 2.45) is 0 Å². The fraction of sp³-hybridized carbons (Fsp3) is 0.120. The maximum Gasteiger partial charge on any atom is 0.221 e. The van der Waals surface area contributed by atoms with Crippen LogP contribution in [0.1, 0.15) is 29.2 Å². The summed E-state index contributed by atoms with van der Waals surface area (Å²) in [6, 6.07) is 29.3. The average Bonchev–Trinajstić information content (AvgIpc) is 3.27. The third-order valence-electron chi connectivity index (χ3n) is 4.95. The summed E-state index contributed by atoms with van der Waals surface area (Å²) in [5, 5.41) is 7.68. The predicted molar refractivity (Wildman–Crippen MR) is 118 cm³/mol. The Labute approximate surface area is 180 Å². The lowest BCUT2D eigenvalue weighted by molar-refractivity contribution is -0.121. The number of amides is 1. The van der Waals surface area contributed by atoms with E-state index >= 15 is 0 Å². The summed E-state index contributed by atoms with van der Waals surface area (Å²) in [5.41, 5.74) is 3.79. The van der Waals surface area contributed by atoms with E-state index < -0.39 is 0 Å². The van der Waals surface area contributed by atoms with E-state index in [0.717, 1.165) is 16.7 Å². The molecular weight excluding hydrogens is 396 g/mol. The van der Waals surface area contributed by atoms with Crippen molar-refractivity contribution >= 4 is 17.5 Å². The number of benzene rings is 3. The van der Waals surface area contributed by atoms with Crippen molar-refractivity contribution < 1.29 is 9.32 Å². The first-order valence-corrected chi connectivity index (χ1v) is 10.1. The lowest BCUT2D eigenvalue weighted by Crippen LogP contribution is -2.25. The van der Waals surface area contributed by atoms with Crippen molar-refractivity contribution in [1.82, 2.24) is 10.5 Å². The predicted octanol–water partition coefficient (Wildman–Crippen LogP) is 5.83. The molecule has 0 saturated heterocycles. The quantitative estimate of drug-likeness (QED) is 0.412. The zero-order valence-electron chi connectivity index (χ0n) is 16.3. The summed E-state index contributed by atoms with van der Waals surface area (Å²) >= 11 is 5.93. The van der Waals surface area contributed by atoms with Gasteiger partial charge in [-0.2, -0.15) is 0 Å². The van der Waals surface area contributed by atoms with Crippen molar-refractivity contribution in [1.29, 1.82) is 0 Å². The van der Waals surface area contributed by atoms with Crippen molar-refractivity contribution in [3.05, 3.63) is 113 Å². The van der Waals surface area contributed by atoms with Gasteiger partial charge < -0.3 is 9.84 Å². The van der Waals surface area contributed by atoms with E-state index in [1.54, 1.807) is 12.1 Å². The highest BCUT2D eigenvalue weighted by molar-refractivity contribution is 6.30. The van der Waals surface area contributed by atoms with Crippen molar-refractivity contribution in [2.75, 3.05) is 0 Å². The molecule has 0 fully saturated rings. The van der Waals surface area contributed by atoms with Crippen LogP contribution in [0.5, 0.6) is 0 Å². The highest BCUT2D eigenvalue weighted by Gasteiger charge is 2.18. The molecule has 4 aromatic rings. The zero-order chi connectivity index (χ0) is 20.8. The molecular formula is C25H21ClN2O2. The highest BCUT2D eigenvalue weighted by atomic mass is 35.5. The Morgan fingerprint density at radius 3 is 2.10 bits per heavy atom. The molecule has 4 nitrogen and oxygen atoms in total. The number of halogens is 1. The number of carbonyl (C=O) groups excluding carboxylic acids is 1. The molecule has 0 atom stereocenters. The molecule has 30 heavy (non-hydrogen) atoms. The van der Waals surface area contributed by atoms with E-state index in [0.29, 0.717) is 29.4 Å². The molecule has 0 spiro atoms. The third kappa shape index (κ3) is 4.97. The maximum atomic E-state index is 12.7. The standard InChI is InChI=1S/C25H21ClN2O2/c26-21-13-11-20(12-14-21)24-15-22(28-30-24)17-27-25(29)16-23(18-7-3-1-4-8-18)19-9-5-2-6-10-19/h1-15,23H,16-17H2,(H,27,29). The second-order valence-electron chi connectivity index (χ2n) is 7.04. The SMILES string of the molecule is O=C(CC(c1ccccc1)c1ccccc1)NCc1cc(-c2ccc(Cl)cc2)on1. The van der Waals surface area contributed by atoms with Gasteiger partial charge in [0.05, 0.1) is 6.54 Å². The molecule has 0 aliphatic heterocycles. The largest absolute Gasteiger partial charge is 0.356 e. The average molecular weight is 417 g/mol. The third-order valence-corrected chi connectivity index (χ3v) is 5.20. The maximum absolute atomic E-state index is 12.7. The fourth-order valence-electron chi connectivity index (χ4n) is 3.39. The Kier molecular flexibility index (Phi) is 6.26. The van der Waals surface area contributed by atoms with Crippen LogP contribution in [-0.4, -0.2) is 11.1 Å². The summed E-state index contributed by atoms with van der Waals surface area (Å²) < 4.78 is 5.40. The van der Waals surface area contributed by atoms with Crippen LogP contribution in [0.15, 0.2) is 95.5 Å². The van der Waals surface area contributed by atoms with Crippen molar-refractivity contribution in [2.45, 2.75) is 18.9 Å². The van der Waals surface area contributed by atoms with E-state index in [9.17, 15) is 4.79 Å². The number of hydrogen-bond donors (Lipinski definition) is 1. The Bertz CT molecular complexity index is 1050. The molecule has 0 bridgehead atoms. The fourth-order valence-corrected chi connectivity index (χ4v) is 3.52. The smallest absolute Gasteiger partial charge is 0.221 e. The topological polar surface area (TPSA) is 55.1 Å². The van der Waals surface area contributed by atoms with Crippen LogP contribution in [0.3, 0.4) is 0 Å². The molecule has 0 saturated carbocycles. The summed E-state index contributed by atoms with van der Waals surface area (Å²) in [5.74, 6) is 0.598. The Morgan fingerprint density at radius 2 is 1.50 bits per heavy atom. The van der Waals surface area contributed by atoms with Gasteiger partial charge in [-0.05, 0) is 35.4 Å². The first kappa shape index (κ1) is 19.9. The number of carbonyl (C=O) groups is 1. The second kappa shape index (κ2) is 9.42. The van der Waals surface area contributed by atoms with Crippen LogP contribution in [0.2, 0.25) is 5.02 Å². The lowest BCUT2D eigenvalue weighted by Gasteiger charge is -2.17. The molecule has 5 heteroatoms. The van der Waals surface area contributed by atoms with Gasteiger partial charge in [0.1, 0.15) is 5.69 Å². The summed E-state index contributed by atoms with van der Waals surface area (Å²) in [6.07, 6.45) is 0.357. The Hall–Kier alpha value is -3.37. The van der Waals surface area contributed by atoms with Gasteiger partial charge in [-0.25, -0.2) is 0 Å². The van der Waals surface area contributed by atoms with E-state index in [2.05, 4.69) is 34.7 Å². The van der Waals surface area contributed by atoms with E-state index in [1.165, 1.54) is 0 Å². The van der Waals surface area contributed by atoms with E-state index in [1.807, 2.05) is 54.6 Å². The monoisotopic (exact) mass is 416 g/mol. The van der Waals surface area contributed by atoms with Crippen LogP contribution < -0.4 is 5.32 Å². The van der Waals surface area contributed by atoms with Gasteiger partial charge in [0.2, 0.25) is 5.91 Å². The van der Waals surface area contributed by atoms with Crippen LogP contribution in [0.4, 0.5) is 0 Å². The number of nitrogens with one attached hydrogen (secondary N) is 1. The molecule has 1 amide bonds. The van der Waals surface area contributed by atoms with Gasteiger partial charge in [-0.15, -0.1) is 0 Å². The Morgan fingerprint density at radius 1 is 0.900 bits per heavy atom. The normalized spacial score (nSPS) is 10.9. The van der Waals surface area contributed by atoms with Crippen LogP contribution in [-0.2, 0) is 11.3 Å². The molecule has 0 aliphatic carbocycles. The molecule has 150 valence electrons. The van der Waals surface area contributed by atoms with Crippen molar-refractivity contribution in [3.8, 4) is 11.3 Å². The van der Waals surface area contributed by atoms with E-state index in [-0.39, 0.29) is 11.8 Å². The molecule has 4 rings (SSSR count). The molecule has 1 aromatic heterocycles. The summed E-state index contributed by atoms with van der Waals surface area (Å²) in [4.78, 5) is 12.7. The minimum absolute atomic E-state index is 0.00524. The molecule has 0 unspecified atom stereocenters. The second-order valence-corrected chi connectivity index (χ2v) is 7.48. The lowest BCUT2D eigenvalue weighted by atomic mass is 9.88. The minimum Gasteiger partial charge on any atom is -0.356 e. The van der Waals surface area contributed by atoms with Crippen LogP contribution >= 0.6 is 11.6 Å². The summed E-state index contributed by atoms with van der Waals surface area (Å²) in [6.45, 7) is 0.312.